The van der Waals surface area contributed by atoms with Gasteiger partial charge in [0.15, 0.2) is 0 Å². The van der Waals surface area contributed by atoms with Crippen LogP contribution >= 0.6 is 0 Å². The molecule has 0 bridgehead atoms. The lowest BCUT2D eigenvalue weighted by molar-refractivity contribution is -0.137. The molecule has 0 aliphatic carbocycles. The van der Waals surface area contributed by atoms with Crippen LogP contribution < -0.4 is 15.4 Å². The Morgan fingerprint density at radius 3 is 2.41 bits per heavy atom. The molecule has 0 aromatic heterocycles. The van der Waals surface area contributed by atoms with Crippen molar-refractivity contribution in [1.82, 2.24) is 5.32 Å². The minimum atomic E-state index is -4.53. The van der Waals surface area contributed by atoms with Gasteiger partial charge < -0.3 is 15.4 Å². The Bertz CT molecular complexity index is 793. The number of halogens is 3. The van der Waals surface area contributed by atoms with Crippen LogP contribution in [0, 0.1) is 0 Å². The molecule has 2 rings (SSSR count). The second-order valence-electron chi connectivity index (χ2n) is 5.56. The zero-order valence-corrected chi connectivity index (χ0v) is 14.6. The zero-order chi connectivity index (χ0) is 19.9. The number of ether oxygens (including phenoxy) is 1. The molecule has 0 spiro atoms. The van der Waals surface area contributed by atoms with E-state index in [4.69, 9.17) is 4.74 Å². The predicted molar refractivity (Wildman–Crippen MR) is 94.6 cm³/mol. The molecule has 0 atom stereocenters. The Kier molecular flexibility index (Phi) is 6.81. The molecule has 27 heavy (non-hydrogen) atoms. The van der Waals surface area contributed by atoms with E-state index >= 15 is 0 Å². The van der Waals surface area contributed by atoms with Gasteiger partial charge in [0.2, 0.25) is 5.91 Å². The SMILES string of the molecule is CCOc1ccc(C(F)(F)F)cc1NC(=O)CCNC(=O)c1ccccc1. The van der Waals surface area contributed by atoms with E-state index in [0.717, 1.165) is 12.1 Å². The van der Waals surface area contributed by atoms with Crippen LogP contribution in [0.1, 0.15) is 29.3 Å². The van der Waals surface area contributed by atoms with E-state index < -0.39 is 17.6 Å². The first-order valence-corrected chi connectivity index (χ1v) is 8.28. The first-order valence-electron chi connectivity index (χ1n) is 8.28. The summed E-state index contributed by atoms with van der Waals surface area (Å²) in [5.41, 5.74) is -0.501. The van der Waals surface area contributed by atoms with Gasteiger partial charge in [-0.05, 0) is 37.3 Å². The van der Waals surface area contributed by atoms with Crippen LogP contribution in [0.25, 0.3) is 0 Å². The van der Waals surface area contributed by atoms with Gasteiger partial charge >= 0.3 is 6.18 Å². The van der Waals surface area contributed by atoms with Crippen LogP contribution in [-0.4, -0.2) is 25.0 Å². The number of carbonyl (C=O) groups excluding carboxylic acids is 2. The third-order valence-corrected chi connectivity index (χ3v) is 3.55. The topological polar surface area (TPSA) is 67.4 Å². The van der Waals surface area contributed by atoms with Gasteiger partial charge in [-0.15, -0.1) is 0 Å². The van der Waals surface area contributed by atoms with E-state index in [1.807, 2.05) is 0 Å². The second kappa shape index (κ2) is 9.07. The van der Waals surface area contributed by atoms with Crippen molar-refractivity contribution in [3.05, 3.63) is 59.7 Å². The minimum Gasteiger partial charge on any atom is -0.492 e. The summed E-state index contributed by atoms with van der Waals surface area (Å²) in [5.74, 6) is -0.728. The fourth-order valence-corrected chi connectivity index (χ4v) is 2.28. The van der Waals surface area contributed by atoms with Gasteiger partial charge in [0, 0.05) is 18.5 Å². The first kappa shape index (κ1) is 20.3. The number of carbonyl (C=O) groups is 2. The molecular formula is C19H19F3N2O3. The van der Waals surface area contributed by atoms with Crippen LogP contribution in [0.5, 0.6) is 5.75 Å². The number of benzene rings is 2. The molecule has 2 amide bonds. The molecule has 5 nitrogen and oxygen atoms in total. The predicted octanol–water partition coefficient (Wildman–Crippen LogP) is 3.86. The van der Waals surface area contributed by atoms with Gasteiger partial charge in [0.05, 0.1) is 17.9 Å². The molecule has 0 fully saturated rings. The third kappa shape index (κ3) is 6.02. The molecule has 0 radical (unpaired) electrons. The van der Waals surface area contributed by atoms with Gasteiger partial charge in [0.25, 0.3) is 5.91 Å². The van der Waals surface area contributed by atoms with E-state index in [1.54, 1.807) is 37.3 Å². The molecular weight excluding hydrogens is 361 g/mol. The molecule has 2 aromatic rings. The summed E-state index contributed by atoms with van der Waals surface area (Å²) in [4.78, 5) is 23.9. The number of amides is 2. The standard InChI is InChI=1S/C19H19F3N2O3/c1-2-27-16-9-8-14(19(20,21)22)12-15(16)24-17(25)10-11-23-18(26)13-6-4-3-5-7-13/h3-9,12H,2,10-11H2,1H3,(H,23,26)(H,24,25). The summed E-state index contributed by atoms with van der Waals surface area (Å²) in [6.45, 7) is 1.96. The third-order valence-electron chi connectivity index (χ3n) is 3.55. The van der Waals surface area contributed by atoms with Crippen LogP contribution in [0.2, 0.25) is 0 Å². The van der Waals surface area contributed by atoms with Crippen molar-refractivity contribution < 1.29 is 27.5 Å². The molecule has 2 N–H and O–H groups in total. The van der Waals surface area contributed by atoms with Crippen LogP contribution in [-0.2, 0) is 11.0 Å². The van der Waals surface area contributed by atoms with Crippen molar-refractivity contribution in [2.75, 3.05) is 18.5 Å². The maximum atomic E-state index is 12.9. The Morgan fingerprint density at radius 1 is 1.07 bits per heavy atom. The van der Waals surface area contributed by atoms with Crippen LogP contribution in [0.4, 0.5) is 18.9 Å². The monoisotopic (exact) mass is 380 g/mol. The Labute approximate surface area is 154 Å². The highest BCUT2D eigenvalue weighted by molar-refractivity contribution is 5.95. The Hall–Kier alpha value is -3.03. The lowest BCUT2D eigenvalue weighted by Gasteiger charge is -2.15. The highest BCUT2D eigenvalue weighted by Crippen LogP contribution is 2.35. The van der Waals surface area contributed by atoms with Gasteiger partial charge in [0.1, 0.15) is 5.75 Å². The summed E-state index contributed by atoms with van der Waals surface area (Å²) in [7, 11) is 0. The maximum Gasteiger partial charge on any atom is 0.416 e. The second-order valence-corrected chi connectivity index (χ2v) is 5.56. The van der Waals surface area contributed by atoms with Crippen molar-refractivity contribution in [2.45, 2.75) is 19.5 Å². The molecule has 0 aliphatic rings. The van der Waals surface area contributed by atoms with Gasteiger partial charge in [-0.3, -0.25) is 9.59 Å². The molecule has 0 aliphatic heterocycles. The zero-order valence-electron chi connectivity index (χ0n) is 14.6. The van der Waals surface area contributed by atoms with E-state index in [2.05, 4.69) is 10.6 Å². The fourth-order valence-electron chi connectivity index (χ4n) is 2.28. The lowest BCUT2D eigenvalue weighted by Crippen LogP contribution is -2.27. The van der Waals surface area contributed by atoms with Crippen molar-refractivity contribution in [3.8, 4) is 5.75 Å². The quantitative estimate of drug-likeness (QED) is 0.767. The maximum absolute atomic E-state index is 12.9. The van der Waals surface area contributed by atoms with Crippen molar-refractivity contribution in [2.24, 2.45) is 0 Å². The molecule has 0 heterocycles. The summed E-state index contributed by atoms with van der Waals surface area (Å²) < 4.78 is 43.9. The Balaban J connectivity index is 1.97. The lowest BCUT2D eigenvalue weighted by atomic mass is 10.1. The van der Waals surface area contributed by atoms with Crippen molar-refractivity contribution in [3.63, 3.8) is 0 Å². The van der Waals surface area contributed by atoms with Crippen LogP contribution in [0.15, 0.2) is 48.5 Å². The van der Waals surface area contributed by atoms with Gasteiger partial charge in [-0.1, -0.05) is 18.2 Å². The fraction of sp³-hybridized carbons (Fsp3) is 0.263. The van der Waals surface area contributed by atoms with Gasteiger partial charge in [-0.25, -0.2) is 0 Å². The van der Waals surface area contributed by atoms with Gasteiger partial charge in [-0.2, -0.15) is 13.2 Å². The molecule has 0 saturated heterocycles. The summed E-state index contributed by atoms with van der Waals surface area (Å²) in [6, 6.07) is 11.3. The minimum absolute atomic E-state index is 0.0441. The largest absolute Gasteiger partial charge is 0.492 e. The number of hydrogen-bond donors (Lipinski definition) is 2. The molecule has 2 aromatic carbocycles. The average molecular weight is 380 g/mol. The molecule has 8 heteroatoms. The van der Waals surface area contributed by atoms with E-state index in [1.165, 1.54) is 6.07 Å². The summed E-state index contributed by atoms with van der Waals surface area (Å²) in [6.07, 6.45) is -4.63. The van der Waals surface area contributed by atoms with E-state index in [9.17, 15) is 22.8 Å². The molecule has 0 saturated carbocycles. The summed E-state index contributed by atoms with van der Waals surface area (Å²) >= 11 is 0. The van der Waals surface area contributed by atoms with E-state index in [-0.39, 0.29) is 36.9 Å². The highest BCUT2D eigenvalue weighted by Gasteiger charge is 2.31. The summed E-state index contributed by atoms with van der Waals surface area (Å²) in [5, 5.41) is 4.99. The number of alkyl halides is 3. The number of nitrogens with one attached hydrogen (secondary N) is 2. The molecule has 144 valence electrons. The average Bonchev–Trinajstić information content (AvgIpc) is 2.63. The smallest absolute Gasteiger partial charge is 0.416 e. The van der Waals surface area contributed by atoms with Crippen LogP contribution in [0.3, 0.4) is 0 Å². The first-order chi connectivity index (χ1) is 12.8. The van der Waals surface area contributed by atoms with Crippen molar-refractivity contribution in [1.29, 1.82) is 0 Å². The van der Waals surface area contributed by atoms with Crippen molar-refractivity contribution >= 4 is 17.5 Å². The molecule has 0 unspecified atom stereocenters. The number of rotatable bonds is 7. The number of anilines is 1. The number of hydrogen-bond acceptors (Lipinski definition) is 3. The highest BCUT2D eigenvalue weighted by atomic mass is 19.4. The normalized spacial score (nSPS) is 11.0. The Morgan fingerprint density at radius 2 is 1.78 bits per heavy atom. The van der Waals surface area contributed by atoms with E-state index in [0.29, 0.717) is 5.56 Å².